The quantitative estimate of drug-likeness (QED) is 0.588. The molecule has 2 fully saturated rings. The van der Waals surface area contributed by atoms with E-state index in [1.165, 1.54) is 32.4 Å². The maximum absolute atomic E-state index is 12.2. The first-order valence-corrected chi connectivity index (χ1v) is 9.48. The lowest BCUT2D eigenvalue weighted by atomic mass is 9.92. The molecule has 148 valence electrons. The van der Waals surface area contributed by atoms with Crippen molar-refractivity contribution in [1.29, 1.82) is 0 Å². The van der Waals surface area contributed by atoms with Crippen LogP contribution in [0.4, 0.5) is 0 Å². The molecule has 2 aliphatic heterocycles. The normalized spacial score (nSPS) is 20.3. The monoisotopic (exact) mass is 386 g/mol. The predicted octanol–water partition coefficient (Wildman–Crippen LogP) is 0.420. The van der Waals surface area contributed by atoms with E-state index in [1.54, 1.807) is 10.9 Å². The molecule has 26 heavy (non-hydrogen) atoms. The Morgan fingerprint density at radius 2 is 2.00 bits per heavy atom. The Morgan fingerprint density at radius 3 is 2.73 bits per heavy atom. The number of nitrogens with zero attached hydrogens (tertiary/aromatic N) is 4. The van der Waals surface area contributed by atoms with Crippen LogP contribution in [0.15, 0.2) is 6.20 Å². The van der Waals surface area contributed by atoms with Crippen molar-refractivity contribution < 1.29 is 9.90 Å². The number of piperidine rings is 2. The average molecular weight is 387 g/mol. The molecule has 2 aliphatic rings. The minimum atomic E-state index is -0.763. The van der Waals surface area contributed by atoms with Crippen molar-refractivity contribution in [2.75, 3.05) is 39.3 Å². The van der Waals surface area contributed by atoms with Gasteiger partial charge in [-0.05, 0) is 64.8 Å². The Labute approximate surface area is 161 Å². The molecule has 9 heteroatoms. The van der Waals surface area contributed by atoms with E-state index in [0.717, 1.165) is 26.1 Å². The van der Waals surface area contributed by atoms with Gasteiger partial charge in [0.15, 0.2) is 5.69 Å². The fourth-order valence-corrected chi connectivity index (χ4v) is 3.61. The van der Waals surface area contributed by atoms with E-state index in [2.05, 4.69) is 25.8 Å². The van der Waals surface area contributed by atoms with E-state index in [9.17, 15) is 9.90 Å². The van der Waals surface area contributed by atoms with Crippen molar-refractivity contribution >= 4 is 18.3 Å². The minimum Gasteiger partial charge on any atom is -0.388 e. The summed E-state index contributed by atoms with van der Waals surface area (Å²) in [5, 5.41) is 24.6. The second-order valence-corrected chi connectivity index (χ2v) is 7.29. The van der Waals surface area contributed by atoms with E-state index in [-0.39, 0.29) is 18.3 Å². The molecule has 3 heterocycles. The Balaban J connectivity index is 0.00000243. The van der Waals surface area contributed by atoms with E-state index >= 15 is 0 Å². The number of amides is 1. The molecular weight excluding hydrogens is 356 g/mol. The van der Waals surface area contributed by atoms with Gasteiger partial charge in [0, 0.05) is 6.54 Å². The van der Waals surface area contributed by atoms with Crippen molar-refractivity contribution in [1.82, 2.24) is 30.5 Å². The molecule has 2 saturated heterocycles. The van der Waals surface area contributed by atoms with Gasteiger partial charge in [0.1, 0.15) is 0 Å². The zero-order valence-electron chi connectivity index (χ0n) is 15.3. The van der Waals surface area contributed by atoms with Gasteiger partial charge in [0.25, 0.3) is 5.91 Å². The number of nitrogens with one attached hydrogen (secondary N) is 2. The predicted molar refractivity (Wildman–Crippen MR) is 102 cm³/mol. The summed E-state index contributed by atoms with van der Waals surface area (Å²) in [4.78, 5) is 14.6. The Kier molecular flexibility index (Phi) is 8.27. The number of likely N-dealkylation sites (tertiary alicyclic amines) is 1. The first kappa shape index (κ1) is 21.1. The van der Waals surface area contributed by atoms with Gasteiger partial charge in [-0.15, -0.1) is 17.5 Å². The summed E-state index contributed by atoms with van der Waals surface area (Å²) in [5.41, 5.74) is -0.447. The second kappa shape index (κ2) is 10.2. The van der Waals surface area contributed by atoms with E-state index < -0.39 is 5.60 Å². The van der Waals surface area contributed by atoms with Crippen LogP contribution in [0, 0.1) is 0 Å². The number of halogens is 1. The molecule has 0 radical (unpaired) electrons. The van der Waals surface area contributed by atoms with Crippen molar-refractivity contribution in [2.45, 2.75) is 50.7 Å². The summed E-state index contributed by atoms with van der Waals surface area (Å²) < 4.78 is 1.58. The van der Waals surface area contributed by atoms with Crippen LogP contribution in [0.25, 0.3) is 0 Å². The average Bonchev–Trinajstić information content (AvgIpc) is 3.08. The summed E-state index contributed by atoms with van der Waals surface area (Å²) in [5.74, 6) is -0.192. The van der Waals surface area contributed by atoms with Gasteiger partial charge in [0.05, 0.1) is 18.3 Å². The molecule has 3 N–H and O–H groups in total. The number of carbonyl (C=O) groups excluding carboxylic acids is 1. The first-order valence-electron chi connectivity index (χ1n) is 9.48. The largest absolute Gasteiger partial charge is 0.388 e. The number of carbonyl (C=O) groups is 1. The van der Waals surface area contributed by atoms with Crippen LogP contribution in [0.3, 0.4) is 0 Å². The summed E-state index contributed by atoms with van der Waals surface area (Å²) in [6.07, 6.45) is 7.87. The van der Waals surface area contributed by atoms with Crippen molar-refractivity contribution in [3.05, 3.63) is 11.9 Å². The van der Waals surface area contributed by atoms with Gasteiger partial charge >= 0.3 is 0 Å². The van der Waals surface area contributed by atoms with Gasteiger partial charge in [-0.1, -0.05) is 11.6 Å². The maximum atomic E-state index is 12.2. The highest BCUT2D eigenvalue weighted by Crippen LogP contribution is 2.19. The molecule has 0 aliphatic carbocycles. The molecule has 8 nitrogen and oxygen atoms in total. The Bertz CT molecular complexity index is 555. The molecule has 0 bridgehead atoms. The fourth-order valence-electron chi connectivity index (χ4n) is 3.61. The van der Waals surface area contributed by atoms with Crippen LogP contribution in [0.2, 0.25) is 0 Å². The summed E-state index contributed by atoms with van der Waals surface area (Å²) >= 11 is 0. The van der Waals surface area contributed by atoms with Crippen molar-refractivity contribution in [3.63, 3.8) is 0 Å². The third kappa shape index (κ3) is 6.19. The van der Waals surface area contributed by atoms with E-state index in [0.29, 0.717) is 31.6 Å². The maximum Gasteiger partial charge on any atom is 0.273 e. The number of aliphatic hydroxyl groups is 1. The third-order valence-electron chi connectivity index (χ3n) is 5.15. The minimum absolute atomic E-state index is 0. The standard InChI is InChI=1S/C17H30N6O2.ClH/c24-16(19-7-4-12-22-10-2-1-3-11-22)15-13-23(21-20-15)14-17(25)5-8-18-9-6-17;/h13,18,25H,1-12,14H2,(H,19,24);1H. The molecule has 0 atom stereocenters. The van der Waals surface area contributed by atoms with Crippen LogP contribution in [0.1, 0.15) is 49.0 Å². The topological polar surface area (TPSA) is 95.3 Å². The van der Waals surface area contributed by atoms with Gasteiger partial charge < -0.3 is 20.6 Å². The summed E-state index contributed by atoms with van der Waals surface area (Å²) in [6, 6.07) is 0. The van der Waals surface area contributed by atoms with Gasteiger partial charge in [0.2, 0.25) is 0 Å². The lowest BCUT2D eigenvalue weighted by molar-refractivity contribution is -0.00866. The molecular formula is C17H31ClN6O2. The molecule has 0 spiro atoms. The highest BCUT2D eigenvalue weighted by molar-refractivity contribution is 5.91. The van der Waals surface area contributed by atoms with Gasteiger partial charge in [-0.3, -0.25) is 4.79 Å². The lowest BCUT2D eigenvalue weighted by Gasteiger charge is -2.32. The molecule has 1 amide bonds. The van der Waals surface area contributed by atoms with Crippen LogP contribution in [-0.2, 0) is 6.54 Å². The molecule has 1 aromatic rings. The highest BCUT2D eigenvalue weighted by atomic mass is 35.5. The van der Waals surface area contributed by atoms with Crippen molar-refractivity contribution in [2.24, 2.45) is 0 Å². The fraction of sp³-hybridized carbons (Fsp3) is 0.824. The zero-order chi connectivity index (χ0) is 17.5. The number of hydrogen-bond donors (Lipinski definition) is 3. The third-order valence-corrected chi connectivity index (χ3v) is 5.15. The highest BCUT2D eigenvalue weighted by Gasteiger charge is 2.30. The lowest BCUT2D eigenvalue weighted by Crippen LogP contribution is -2.44. The number of aromatic nitrogens is 3. The van der Waals surface area contributed by atoms with Gasteiger partial charge in [-0.2, -0.15) is 0 Å². The first-order chi connectivity index (χ1) is 12.1. The van der Waals surface area contributed by atoms with Crippen molar-refractivity contribution in [3.8, 4) is 0 Å². The SMILES string of the molecule is Cl.O=C(NCCCN1CCCCC1)c1cn(CC2(O)CCNCC2)nn1. The molecule has 3 rings (SSSR count). The zero-order valence-corrected chi connectivity index (χ0v) is 16.1. The number of rotatable bonds is 7. The molecule has 0 unspecified atom stereocenters. The van der Waals surface area contributed by atoms with Crippen LogP contribution < -0.4 is 10.6 Å². The molecule has 1 aromatic heterocycles. The molecule has 0 aromatic carbocycles. The second-order valence-electron chi connectivity index (χ2n) is 7.29. The summed E-state index contributed by atoms with van der Waals surface area (Å²) in [6.45, 7) is 6.03. The van der Waals surface area contributed by atoms with E-state index in [4.69, 9.17) is 0 Å². The summed E-state index contributed by atoms with van der Waals surface area (Å²) in [7, 11) is 0. The number of hydrogen-bond acceptors (Lipinski definition) is 6. The molecule has 0 saturated carbocycles. The van der Waals surface area contributed by atoms with E-state index in [1.807, 2.05) is 0 Å². The Morgan fingerprint density at radius 1 is 1.27 bits per heavy atom. The van der Waals surface area contributed by atoms with Crippen LogP contribution in [0.5, 0.6) is 0 Å². The van der Waals surface area contributed by atoms with Crippen LogP contribution >= 0.6 is 12.4 Å². The smallest absolute Gasteiger partial charge is 0.273 e. The van der Waals surface area contributed by atoms with Gasteiger partial charge in [-0.25, -0.2) is 4.68 Å². The van der Waals surface area contributed by atoms with Crippen LogP contribution in [-0.4, -0.2) is 75.8 Å². The Hall–Kier alpha value is -1.22.